The fourth-order valence-electron chi connectivity index (χ4n) is 1.73. The van der Waals surface area contributed by atoms with E-state index in [4.69, 9.17) is 21.4 Å². The number of aliphatic hydroxyl groups excluding tert-OH is 1. The molecule has 2 rings (SSSR count). The molecule has 0 saturated carbocycles. The first-order chi connectivity index (χ1) is 8.79. The molecule has 1 N–H and O–H groups in total. The summed E-state index contributed by atoms with van der Waals surface area (Å²) in [5.41, 5.74) is 2.29. The highest BCUT2D eigenvalue weighted by Gasteiger charge is 2.01. The van der Waals surface area contributed by atoms with Crippen LogP contribution in [0.25, 0.3) is 0 Å². The van der Waals surface area contributed by atoms with E-state index in [0.29, 0.717) is 6.61 Å². The van der Waals surface area contributed by atoms with Gasteiger partial charge in [0, 0.05) is 5.02 Å². The highest BCUT2D eigenvalue weighted by molar-refractivity contribution is 6.31. The molecule has 0 fully saturated rings. The van der Waals surface area contributed by atoms with Crippen LogP contribution >= 0.6 is 11.6 Å². The van der Waals surface area contributed by atoms with Crippen LogP contribution in [-0.2, 0) is 6.42 Å². The van der Waals surface area contributed by atoms with Gasteiger partial charge in [0.15, 0.2) is 0 Å². The Labute approximate surface area is 112 Å². The van der Waals surface area contributed by atoms with Gasteiger partial charge in [-0.25, -0.2) is 0 Å². The molecule has 0 saturated heterocycles. The summed E-state index contributed by atoms with van der Waals surface area (Å²) in [6.45, 7) is 0.352. The molecule has 0 atom stereocenters. The van der Waals surface area contributed by atoms with E-state index in [1.165, 1.54) is 5.56 Å². The van der Waals surface area contributed by atoms with Crippen molar-refractivity contribution in [2.45, 2.75) is 6.42 Å². The van der Waals surface area contributed by atoms with E-state index in [-0.39, 0.29) is 6.61 Å². The first-order valence-corrected chi connectivity index (χ1v) is 6.23. The summed E-state index contributed by atoms with van der Waals surface area (Å²) in [4.78, 5) is 0. The third kappa shape index (κ3) is 3.49. The van der Waals surface area contributed by atoms with E-state index in [1.54, 1.807) is 0 Å². The minimum atomic E-state index is 0.0291. The third-order valence-corrected chi connectivity index (χ3v) is 3.00. The van der Waals surface area contributed by atoms with Crippen LogP contribution in [0, 0.1) is 0 Å². The van der Waals surface area contributed by atoms with Crippen LogP contribution in [0.1, 0.15) is 11.1 Å². The number of hydrogen-bond donors (Lipinski definition) is 1. The quantitative estimate of drug-likeness (QED) is 0.896. The Balaban J connectivity index is 2.04. The molecule has 0 aliphatic rings. The lowest BCUT2D eigenvalue weighted by atomic mass is 10.1. The normalized spacial score (nSPS) is 10.3. The number of aliphatic hydroxyl groups is 1. The van der Waals surface area contributed by atoms with Gasteiger partial charge >= 0.3 is 0 Å². The van der Waals surface area contributed by atoms with Crippen molar-refractivity contribution in [2.24, 2.45) is 0 Å². The molecule has 0 aromatic heterocycles. The summed E-state index contributed by atoms with van der Waals surface area (Å²) < 4.78 is 5.31. The lowest BCUT2D eigenvalue weighted by molar-refractivity contribution is 0.201. The summed E-state index contributed by atoms with van der Waals surface area (Å²) in [6, 6.07) is 15.7. The largest absolute Gasteiger partial charge is 0.491 e. The second-order valence-corrected chi connectivity index (χ2v) is 4.39. The van der Waals surface area contributed by atoms with Crippen LogP contribution in [0.3, 0.4) is 0 Å². The zero-order chi connectivity index (χ0) is 12.8. The number of benzene rings is 2. The molecule has 2 aromatic rings. The highest BCUT2D eigenvalue weighted by Crippen LogP contribution is 2.20. The van der Waals surface area contributed by atoms with Crippen molar-refractivity contribution >= 4 is 11.6 Å². The fourth-order valence-corrected chi connectivity index (χ4v) is 1.93. The molecule has 0 aliphatic heterocycles. The number of halogens is 1. The van der Waals surface area contributed by atoms with Crippen LogP contribution in [-0.4, -0.2) is 18.3 Å². The second kappa shape index (κ2) is 6.43. The summed E-state index contributed by atoms with van der Waals surface area (Å²) in [5.74, 6) is 0.770. The zero-order valence-electron chi connectivity index (χ0n) is 9.97. The molecular weight excluding hydrogens is 248 g/mol. The maximum Gasteiger partial charge on any atom is 0.119 e. The first kappa shape index (κ1) is 12.9. The van der Waals surface area contributed by atoms with Crippen LogP contribution in [0.15, 0.2) is 48.5 Å². The Hall–Kier alpha value is -1.51. The molecule has 0 aliphatic carbocycles. The van der Waals surface area contributed by atoms with Crippen LogP contribution < -0.4 is 4.74 Å². The molecular formula is C15H15ClO2. The van der Waals surface area contributed by atoms with Crippen molar-refractivity contribution in [1.82, 2.24) is 0 Å². The summed E-state index contributed by atoms with van der Waals surface area (Å²) in [6.07, 6.45) is 0.806. The minimum absolute atomic E-state index is 0.0291. The molecule has 0 amide bonds. The monoisotopic (exact) mass is 262 g/mol. The average molecular weight is 263 g/mol. The molecule has 0 unspecified atom stereocenters. The fraction of sp³-hybridized carbons (Fsp3) is 0.200. The third-order valence-electron chi connectivity index (χ3n) is 2.64. The first-order valence-electron chi connectivity index (χ1n) is 5.85. The number of ether oxygens (including phenoxy) is 1. The van der Waals surface area contributed by atoms with Crippen LogP contribution in [0.5, 0.6) is 5.75 Å². The maximum atomic E-state index is 8.67. The van der Waals surface area contributed by atoms with Crippen molar-refractivity contribution in [3.63, 3.8) is 0 Å². The van der Waals surface area contributed by atoms with Gasteiger partial charge in [-0.05, 0) is 35.7 Å². The minimum Gasteiger partial charge on any atom is -0.491 e. The van der Waals surface area contributed by atoms with Gasteiger partial charge in [-0.2, -0.15) is 0 Å². The van der Waals surface area contributed by atoms with Crippen LogP contribution in [0.4, 0.5) is 0 Å². The van der Waals surface area contributed by atoms with Gasteiger partial charge in [-0.1, -0.05) is 41.9 Å². The Morgan fingerprint density at radius 3 is 2.39 bits per heavy atom. The van der Waals surface area contributed by atoms with Crippen molar-refractivity contribution in [1.29, 1.82) is 0 Å². The van der Waals surface area contributed by atoms with E-state index in [9.17, 15) is 0 Å². The second-order valence-electron chi connectivity index (χ2n) is 3.98. The molecule has 2 nitrogen and oxygen atoms in total. The summed E-state index contributed by atoms with van der Waals surface area (Å²) in [5, 5.41) is 9.46. The summed E-state index contributed by atoms with van der Waals surface area (Å²) >= 11 is 6.12. The van der Waals surface area contributed by atoms with E-state index in [2.05, 4.69) is 0 Å². The Morgan fingerprint density at radius 2 is 1.72 bits per heavy atom. The molecule has 0 bridgehead atoms. The van der Waals surface area contributed by atoms with Crippen molar-refractivity contribution < 1.29 is 9.84 Å². The maximum absolute atomic E-state index is 8.67. The molecule has 0 heterocycles. The lowest BCUT2D eigenvalue weighted by Crippen LogP contribution is -2.01. The topological polar surface area (TPSA) is 29.5 Å². The average Bonchev–Trinajstić information content (AvgIpc) is 2.41. The predicted molar refractivity (Wildman–Crippen MR) is 73.3 cm³/mol. The molecule has 0 spiro atoms. The van der Waals surface area contributed by atoms with Gasteiger partial charge in [-0.3, -0.25) is 0 Å². The number of rotatable bonds is 5. The smallest absolute Gasteiger partial charge is 0.119 e. The lowest BCUT2D eigenvalue weighted by Gasteiger charge is -2.07. The molecule has 18 heavy (non-hydrogen) atoms. The SMILES string of the molecule is OCCOc1ccc(Cc2ccccc2Cl)cc1. The van der Waals surface area contributed by atoms with Gasteiger partial charge in [0.1, 0.15) is 12.4 Å². The van der Waals surface area contributed by atoms with Gasteiger partial charge < -0.3 is 9.84 Å². The number of hydrogen-bond acceptors (Lipinski definition) is 2. The zero-order valence-corrected chi connectivity index (χ0v) is 10.7. The predicted octanol–water partition coefficient (Wildman–Crippen LogP) is 3.30. The Morgan fingerprint density at radius 1 is 1.00 bits per heavy atom. The summed E-state index contributed by atoms with van der Waals surface area (Å²) in [7, 11) is 0. The molecule has 0 radical (unpaired) electrons. The van der Waals surface area contributed by atoms with Crippen molar-refractivity contribution in [3.05, 3.63) is 64.7 Å². The highest BCUT2D eigenvalue weighted by atomic mass is 35.5. The van der Waals surface area contributed by atoms with Gasteiger partial charge in [0.2, 0.25) is 0 Å². The van der Waals surface area contributed by atoms with Gasteiger partial charge in [-0.15, -0.1) is 0 Å². The molecule has 2 aromatic carbocycles. The van der Waals surface area contributed by atoms with Gasteiger partial charge in [0.05, 0.1) is 6.61 Å². The van der Waals surface area contributed by atoms with Crippen LogP contribution in [0.2, 0.25) is 5.02 Å². The van der Waals surface area contributed by atoms with E-state index < -0.39 is 0 Å². The molecule has 94 valence electrons. The van der Waals surface area contributed by atoms with E-state index in [0.717, 1.165) is 22.8 Å². The standard InChI is InChI=1S/C15H15ClO2/c16-15-4-2-1-3-13(15)11-12-5-7-14(8-6-12)18-10-9-17/h1-8,17H,9-11H2. The van der Waals surface area contributed by atoms with Crippen molar-refractivity contribution in [3.8, 4) is 5.75 Å². The van der Waals surface area contributed by atoms with E-state index >= 15 is 0 Å². The Bertz CT molecular complexity index is 494. The van der Waals surface area contributed by atoms with Gasteiger partial charge in [0.25, 0.3) is 0 Å². The Kier molecular flexibility index (Phi) is 4.62. The van der Waals surface area contributed by atoms with Crippen molar-refractivity contribution in [2.75, 3.05) is 13.2 Å². The molecule has 3 heteroatoms. The van der Waals surface area contributed by atoms with E-state index in [1.807, 2.05) is 48.5 Å².